The fourth-order valence-corrected chi connectivity index (χ4v) is 4.58. The first kappa shape index (κ1) is 21.8. The third kappa shape index (κ3) is 6.81. The largest absolute Gasteiger partial charge is 0.508 e. The third-order valence-electron chi connectivity index (χ3n) is 6.37. The lowest BCUT2D eigenvalue weighted by Crippen LogP contribution is -2.49. The number of likely N-dealkylation sites (tertiary alicyclic amines) is 1. The highest BCUT2D eigenvalue weighted by molar-refractivity contribution is 5.80. The molecule has 2 aliphatic rings. The monoisotopic (exact) mass is 402 g/mol. The molecule has 3 rings (SSSR count). The number of piperidine rings is 1. The number of benzene rings is 1. The highest BCUT2D eigenvalue weighted by atomic mass is 16.5. The molecule has 6 nitrogen and oxygen atoms in total. The first-order valence-electron chi connectivity index (χ1n) is 11.2. The molecule has 29 heavy (non-hydrogen) atoms. The van der Waals surface area contributed by atoms with Gasteiger partial charge in [0.15, 0.2) is 5.96 Å². The van der Waals surface area contributed by atoms with Crippen LogP contribution in [-0.2, 0) is 6.42 Å². The molecule has 6 heteroatoms. The number of nitrogens with one attached hydrogen (secondary N) is 2. The number of hydrogen-bond acceptors (Lipinski definition) is 4. The van der Waals surface area contributed by atoms with Gasteiger partial charge in [0.05, 0.1) is 7.11 Å². The topological polar surface area (TPSA) is 69.1 Å². The minimum Gasteiger partial charge on any atom is -0.508 e. The Balaban J connectivity index is 1.36. The second-order valence-electron chi connectivity index (χ2n) is 8.47. The van der Waals surface area contributed by atoms with E-state index in [1.807, 2.05) is 19.2 Å². The Morgan fingerprint density at radius 3 is 2.59 bits per heavy atom. The number of nitrogens with zero attached hydrogens (tertiary/aromatic N) is 2. The van der Waals surface area contributed by atoms with E-state index in [4.69, 9.17) is 4.74 Å². The number of aromatic hydroxyl groups is 1. The molecule has 0 unspecified atom stereocenters. The number of aliphatic imine (C=N–C) groups is 1. The molecule has 1 aliphatic heterocycles. The number of guanidine groups is 1. The molecule has 0 atom stereocenters. The quantitative estimate of drug-likeness (QED) is 0.483. The highest BCUT2D eigenvalue weighted by Gasteiger charge is 2.23. The van der Waals surface area contributed by atoms with Crippen molar-refractivity contribution in [1.29, 1.82) is 0 Å². The van der Waals surface area contributed by atoms with Crippen LogP contribution in [0.25, 0.3) is 0 Å². The highest BCUT2D eigenvalue weighted by Crippen LogP contribution is 2.26. The molecule has 162 valence electrons. The van der Waals surface area contributed by atoms with Gasteiger partial charge in [0.25, 0.3) is 0 Å². The molecule has 1 aromatic carbocycles. The van der Waals surface area contributed by atoms with Crippen molar-refractivity contribution in [3.63, 3.8) is 0 Å². The van der Waals surface area contributed by atoms with Gasteiger partial charge in [-0.15, -0.1) is 0 Å². The van der Waals surface area contributed by atoms with E-state index in [0.717, 1.165) is 30.4 Å². The molecule has 0 aromatic heterocycles. The molecule has 1 aromatic rings. The zero-order valence-corrected chi connectivity index (χ0v) is 18.1. The average Bonchev–Trinajstić information content (AvgIpc) is 2.76. The first-order chi connectivity index (χ1) is 14.2. The normalized spacial score (nSPS) is 19.9. The van der Waals surface area contributed by atoms with Gasteiger partial charge in [-0.3, -0.25) is 4.99 Å². The summed E-state index contributed by atoms with van der Waals surface area (Å²) < 4.78 is 5.14. The fraction of sp³-hybridized carbons (Fsp3) is 0.696. The average molecular weight is 403 g/mol. The van der Waals surface area contributed by atoms with Crippen LogP contribution in [0.1, 0.15) is 50.5 Å². The van der Waals surface area contributed by atoms with Gasteiger partial charge in [0.1, 0.15) is 11.5 Å². The van der Waals surface area contributed by atoms with E-state index in [-0.39, 0.29) is 5.75 Å². The molecule has 3 N–H and O–H groups in total. The van der Waals surface area contributed by atoms with Gasteiger partial charge < -0.3 is 25.4 Å². The molecule has 2 fully saturated rings. The molecule has 0 spiro atoms. The van der Waals surface area contributed by atoms with Crippen LogP contribution in [0.3, 0.4) is 0 Å². The Morgan fingerprint density at radius 1 is 1.17 bits per heavy atom. The minimum absolute atomic E-state index is 0.277. The Hall–Kier alpha value is -1.95. The Kier molecular flexibility index (Phi) is 8.47. The van der Waals surface area contributed by atoms with Crippen LogP contribution in [0, 0.1) is 5.92 Å². The van der Waals surface area contributed by atoms with Gasteiger partial charge in [-0.1, -0.05) is 25.3 Å². The van der Waals surface area contributed by atoms with Gasteiger partial charge in [0, 0.05) is 45.3 Å². The molecular formula is C23H38N4O2. The van der Waals surface area contributed by atoms with Crippen LogP contribution in [0.2, 0.25) is 0 Å². The molecular weight excluding hydrogens is 364 g/mol. The van der Waals surface area contributed by atoms with Crippen molar-refractivity contribution < 1.29 is 9.84 Å². The maximum Gasteiger partial charge on any atom is 0.191 e. The second-order valence-corrected chi connectivity index (χ2v) is 8.47. The smallest absolute Gasteiger partial charge is 0.191 e. The standard InChI is InChI=1S/C23H38N4O2/c1-24-23(25-13-10-19-8-9-21(29-2)16-22(19)28)26-20-11-14-27(15-12-20)17-18-6-4-3-5-7-18/h8-9,16,18,20,28H,3-7,10-15,17H2,1-2H3,(H2,24,25,26). The maximum atomic E-state index is 10.1. The molecule has 1 saturated heterocycles. The number of methoxy groups -OCH3 is 1. The van der Waals surface area contributed by atoms with Crippen molar-refractivity contribution in [3.05, 3.63) is 23.8 Å². The first-order valence-corrected chi connectivity index (χ1v) is 11.2. The predicted octanol–water partition coefficient (Wildman–Crippen LogP) is 3.15. The number of ether oxygens (including phenoxy) is 1. The molecule has 1 aliphatic carbocycles. The minimum atomic E-state index is 0.277. The number of phenols is 1. The van der Waals surface area contributed by atoms with Crippen molar-refractivity contribution >= 4 is 5.96 Å². The Morgan fingerprint density at radius 2 is 1.93 bits per heavy atom. The molecule has 1 heterocycles. The van der Waals surface area contributed by atoms with Gasteiger partial charge in [-0.05, 0) is 49.7 Å². The summed E-state index contributed by atoms with van der Waals surface area (Å²) in [6.45, 7) is 4.39. The van der Waals surface area contributed by atoms with Crippen LogP contribution in [0.4, 0.5) is 0 Å². The van der Waals surface area contributed by atoms with Crippen molar-refractivity contribution in [2.45, 2.75) is 57.4 Å². The van der Waals surface area contributed by atoms with E-state index in [1.54, 1.807) is 13.2 Å². The van der Waals surface area contributed by atoms with Gasteiger partial charge in [0.2, 0.25) is 0 Å². The Bertz CT molecular complexity index is 650. The summed E-state index contributed by atoms with van der Waals surface area (Å²) in [4.78, 5) is 7.04. The summed E-state index contributed by atoms with van der Waals surface area (Å²) >= 11 is 0. The van der Waals surface area contributed by atoms with Crippen LogP contribution < -0.4 is 15.4 Å². The lowest BCUT2D eigenvalue weighted by Gasteiger charge is -2.36. The van der Waals surface area contributed by atoms with E-state index in [2.05, 4.69) is 20.5 Å². The van der Waals surface area contributed by atoms with Crippen LogP contribution in [0.5, 0.6) is 11.5 Å². The van der Waals surface area contributed by atoms with E-state index in [1.165, 1.54) is 64.6 Å². The zero-order valence-electron chi connectivity index (χ0n) is 18.1. The summed E-state index contributed by atoms with van der Waals surface area (Å²) in [5.41, 5.74) is 0.907. The predicted molar refractivity (Wildman–Crippen MR) is 119 cm³/mol. The maximum absolute atomic E-state index is 10.1. The molecule has 1 saturated carbocycles. The fourth-order valence-electron chi connectivity index (χ4n) is 4.58. The van der Waals surface area contributed by atoms with E-state index in [0.29, 0.717) is 11.8 Å². The van der Waals surface area contributed by atoms with Gasteiger partial charge in [-0.2, -0.15) is 0 Å². The van der Waals surface area contributed by atoms with E-state index < -0.39 is 0 Å². The number of rotatable bonds is 7. The van der Waals surface area contributed by atoms with Crippen molar-refractivity contribution in [1.82, 2.24) is 15.5 Å². The van der Waals surface area contributed by atoms with Crippen molar-refractivity contribution in [2.24, 2.45) is 10.9 Å². The molecule has 0 radical (unpaired) electrons. The lowest BCUT2D eigenvalue weighted by molar-refractivity contribution is 0.160. The molecule has 0 amide bonds. The summed E-state index contributed by atoms with van der Waals surface area (Å²) in [6, 6.07) is 5.93. The van der Waals surface area contributed by atoms with E-state index >= 15 is 0 Å². The van der Waals surface area contributed by atoms with Crippen LogP contribution in [0.15, 0.2) is 23.2 Å². The zero-order chi connectivity index (χ0) is 20.5. The van der Waals surface area contributed by atoms with Crippen molar-refractivity contribution in [3.8, 4) is 11.5 Å². The summed E-state index contributed by atoms with van der Waals surface area (Å²) in [5.74, 6) is 2.73. The van der Waals surface area contributed by atoms with E-state index in [9.17, 15) is 5.11 Å². The summed E-state index contributed by atoms with van der Waals surface area (Å²) in [5, 5.41) is 17.0. The van der Waals surface area contributed by atoms with Crippen LogP contribution in [-0.4, -0.2) is 62.3 Å². The van der Waals surface area contributed by atoms with Crippen molar-refractivity contribution in [2.75, 3.05) is 40.3 Å². The lowest BCUT2D eigenvalue weighted by atomic mass is 9.88. The van der Waals surface area contributed by atoms with Gasteiger partial charge in [-0.25, -0.2) is 0 Å². The third-order valence-corrected chi connectivity index (χ3v) is 6.37. The number of hydrogen-bond donors (Lipinski definition) is 3. The summed E-state index contributed by atoms with van der Waals surface area (Å²) in [7, 11) is 3.42. The van der Waals surface area contributed by atoms with Gasteiger partial charge >= 0.3 is 0 Å². The SMILES string of the molecule is CN=C(NCCc1ccc(OC)cc1O)NC1CCN(CC2CCCCC2)CC1. The second kappa shape index (κ2) is 11.3. The molecule has 0 bridgehead atoms. The van der Waals surface area contributed by atoms with Crippen LogP contribution >= 0.6 is 0 Å². The number of phenolic OH excluding ortho intramolecular Hbond substituents is 1. The summed E-state index contributed by atoms with van der Waals surface area (Å²) in [6.07, 6.45) is 10.2. The Labute approximate surface area is 175 Å².